The highest BCUT2D eigenvalue weighted by Gasteiger charge is 2.12. The number of carbonyl (C=O) groups excluding carboxylic acids is 1. The van der Waals surface area contributed by atoms with E-state index < -0.39 is 0 Å². The van der Waals surface area contributed by atoms with Crippen molar-refractivity contribution in [3.8, 4) is 0 Å². The van der Waals surface area contributed by atoms with Crippen LogP contribution in [0, 0.1) is 5.82 Å². The third-order valence-electron chi connectivity index (χ3n) is 3.30. The molecule has 2 aromatic rings. The predicted molar refractivity (Wildman–Crippen MR) is 84.9 cm³/mol. The van der Waals surface area contributed by atoms with Crippen LogP contribution in [0.2, 0.25) is 0 Å². The van der Waals surface area contributed by atoms with Gasteiger partial charge in [-0.15, -0.1) is 11.8 Å². The largest absolute Gasteiger partial charge is 0.349 e. The van der Waals surface area contributed by atoms with Crippen molar-refractivity contribution in [2.45, 2.75) is 24.3 Å². The monoisotopic (exact) mass is 303 g/mol. The maximum atomic E-state index is 13.5. The summed E-state index contributed by atoms with van der Waals surface area (Å²) < 4.78 is 13.5. The molecule has 0 aliphatic heterocycles. The number of thioether (sulfide) groups is 1. The molecule has 0 aromatic heterocycles. The van der Waals surface area contributed by atoms with E-state index in [9.17, 15) is 9.18 Å². The molecule has 0 bridgehead atoms. The van der Waals surface area contributed by atoms with Crippen molar-refractivity contribution in [3.05, 3.63) is 65.5 Å². The molecule has 2 rings (SSSR count). The van der Waals surface area contributed by atoms with E-state index in [4.69, 9.17) is 0 Å². The van der Waals surface area contributed by atoms with Gasteiger partial charge in [-0.1, -0.05) is 30.3 Å². The van der Waals surface area contributed by atoms with E-state index in [2.05, 4.69) is 5.32 Å². The third-order valence-corrected chi connectivity index (χ3v) is 4.05. The average Bonchev–Trinajstić information content (AvgIpc) is 2.49. The standard InChI is InChI=1S/C17H18FNOS/c1-12(13-7-9-15(21-2)10-8-13)19-17(20)11-14-5-3-4-6-16(14)18/h3-10,12H,11H2,1-2H3,(H,19,20). The second-order valence-electron chi connectivity index (χ2n) is 4.83. The molecule has 4 heteroatoms. The molecule has 1 N–H and O–H groups in total. The van der Waals surface area contributed by atoms with E-state index in [0.717, 1.165) is 5.56 Å². The van der Waals surface area contributed by atoms with E-state index in [1.807, 2.05) is 37.4 Å². The molecule has 0 aliphatic rings. The number of amides is 1. The molecule has 0 spiro atoms. The fourth-order valence-electron chi connectivity index (χ4n) is 2.08. The normalized spacial score (nSPS) is 12.0. The summed E-state index contributed by atoms with van der Waals surface area (Å²) in [5, 5.41) is 2.90. The van der Waals surface area contributed by atoms with Crippen LogP contribution in [-0.2, 0) is 11.2 Å². The Bertz CT molecular complexity index is 612. The zero-order chi connectivity index (χ0) is 15.2. The van der Waals surface area contributed by atoms with Crippen molar-refractivity contribution < 1.29 is 9.18 Å². The number of carbonyl (C=O) groups is 1. The third kappa shape index (κ3) is 4.33. The van der Waals surface area contributed by atoms with E-state index in [0.29, 0.717) is 5.56 Å². The molecule has 110 valence electrons. The van der Waals surface area contributed by atoms with Gasteiger partial charge in [0.05, 0.1) is 12.5 Å². The summed E-state index contributed by atoms with van der Waals surface area (Å²) in [4.78, 5) is 13.2. The molecular formula is C17H18FNOS. The molecule has 0 saturated heterocycles. The predicted octanol–water partition coefficient (Wildman–Crippen LogP) is 3.97. The van der Waals surface area contributed by atoms with Gasteiger partial charge in [0, 0.05) is 4.90 Å². The highest BCUT2D eigenvalue weighted by atomic mass is 32.2. The number of benzene rings is 2. The molecule has 0 aliphatic carbocycles. The number of halogens is 1. The van der Waals surface area contributed by atoms with Crippen LogP contribution in [0.25, 0.3) is 0 Å². The molecule has 2 aromatic carbocycles. The lowest BCUT2D eigenvalue weighted by Crippen LogP contribution is -2.28. The Morgan fingerprint density at radius 2 is 1.86 bits per heavy atom. The van der Waals surface area contributed by atoms with Gasteiger partial charge in [0.15, 0.2) is 0 Å². The summed E-state index contributed by atoms with van der Waals surface area (Å²) in [6.07, 6.45) is 2.08. The molecule has 0 saturated carbocycles. The van der Waals surface area contributed by atoms with Gasteiger partial charge in [-0.3, -0.25) is 4.79 Å². The van der Waals surface area contributed by atoms with Gasteiger partial charge < -0.3 is 5.32 Å². The summed E-state index contributed by atoms with van der Waals surface area (Å²) >= 11 is 1.68. The Morgan fingerprint density at radius 1 is 1.19 bits per heavy atom. The highest BCUT2D eigenvalue weighted by molar-refractivity contribution is 7.98. The summed E-state index contributed by atoms with van der Waals surface area (Å²) in [6.45, 7) is 1.92. The van der Waals surface area contributed by atoms with Crippen molar-refractivity contribution in [1.82, 2.24) is 5.32 Å². The van der Waals surface area contributed by atoms with Crippen molar-refractivity contribution in [1.29, 1.82) is 0 Å². The molecular weight excluding hydrogens is 285 g/mol. The Labute approximate surface area is 128 Å². The highest BCUT2D eigenvalue weighted by Crippen LogP contribution is 2.19. The number of rotatable bonds is 5. The summed E-state index contributed by atoms with van der Waals surface area (Å²) in [5.41, 5.74) is 1.45. The average molecular weight is 303 g/mol. The first-order valence-electron chi connectivity index (χ1n) is 6.77. The second-order valence-corrected chi connectivity index (χ2v) is 5.71. The first kappa shape index (κ1) is 15.6. The minimum absolute atomic E-state index is 0.0555. The molecule has 1 amide bonds. The number of hydrogen-bond acceptors (Lipinski definition) is 2. The van der Waals surface area contributed by atoms with E-state index in [1.54, 1.807) is 30.0 Å². The lowest BCUT2D eigenvalue weighted by Gasteiger charge is -2.15. The first-order chi connectivity index (χ1) is 10.1. The van der Waals surface area contributed by atoms with Gasteiger partial charge in [-0.05, 0) is 42.5 Å². The van der Waals surface area contributed by atoms with Crippen LogP contribution in [0.5, 0.6) is 0 Å². The van der Waals surface area contributed by atoms with E-state index in [-0.39, 0.29) is 24.2 Å². The summed E-state index contributed by atoms with van der Waals surface area (Å²) in [6, 6.07) is 14.3. The maximum absolute atomic E-state index is 13.5. The molecule has 21 heavy (non-hydrogen) atoms. The quantitative estimate of drug-likeness (QED) is 0.847. The lowest BCUT2D eigenvalue weighted by molar-refractivity contribution is -0.121. The number of hydrogen-bond donors (Lipinski definition) is 1. The Kier molecular flexibility index (Phi) is 5.39. The van der Waals surface area contributed by atoms with Crippen molar-refractivity contribution in [2.24, 2.45) is 0 Å². The van der Waals surface area contributed by atoms with Crippen LogP contribution >= 0.6 is 11.8 Å². The van der Waals surface area contributed by atoms with E-state index >= 15 is 0 Å². The zero-order valence-corrected chi connectivity index (χ0v) is 12.9. The Morgan fingerprint density at radius 3 is 2.48 bits per heavy atom. The van der Waals surface area contributed by atoms with E-state index in [1.165, 1.54) is 11.0 Å². The van der Waals surface area contributed by atoms with Crippen LogP contribution in [-0.4, -0.2) is 12.2 Å². The summed E-state index contributed by atoms with van der Waals surface area (Å²) in [5.74, 6) is -0.522. The van der Waals surface area contributed by atoms with Crippen LogP contribution in [0.3, 0.4) is 0 Å². The summed E-state index contributed by atoms with van der Waals surface area (Å²) in [7, 11) is 0. The van der Waals surface area contributed by atoms with Crippen molar-refractivity contribution in [3.63, 3.8) is 0 Å². The zero-order valence-electron chi connectivity index (χ0n) is 12.1. The topological polar surface area (TPSA) is 29.1 Å². The molecule has 1 atom stereocenters. The molecule has 0 heterocycles. The minimum Gasteiger partial charge on any atom is -0.349 e. The number of nitrogens with one attached hydrogen (secondary N) is 1. The van der Waals surface area contributed by atoms with Crippen molar-refractivity contribution >= 4 is 17.7 Å². The van der Waals surface area contributed by atoms with Gasteiger partial charge in [0.25, 0.3) is 0 Å². The Hall–Kier alpha value is -1.81. The van der Waals surface area contributed by atoms with Crippen LogP contribution in [0.15, 0.2) is 53.4 Å². The first-order valence-corrected chi connectivity index (χ1v) is 7.99. The molecule has 0 fully saturated rings. The fraction of sp³-hybridized carbons (Fsp3) is 0.235. The Balaban J connectivity index is 1.97. The SMILES string of the molecule is CSc1ccc(C(C)NC(=O)Cc2ccccc2F)cc1. The minimum atomic E-state index is -0.343. The van der Waals surface area contributed by atoms with Gasteiger partial charge >= 0.3 is 0 Å². The van der Waals surface area contributed by atoms with Crippen LogP contribution < -0.4 is 5.32 Å². The second kappa shape index (κ2) is 7.27. The maximum Gasteiger partial charge on any atom is 0.225 e. The van der Waals surface area contributed by atoms with Crippen LogP contribution in [0.4, 0.5) is 4.39 Å². The molecule has 0 radical (unpaired) electrons. The van der Waals surface area contributed by atoms with Gasteiger partial charge in [0.1, 0.15) is 5.82 Å². The fourth-order valence-corrected chi connectivity index (χ4v) is 2.49. The smallest absolute Gasteiger partial charge is 0.225 e. The van der Waals surface area contributed by atoms with Gasteiger partial charge in [-0.25, -0.2) is 4.39 Å². The molecule has 2 nitrogen and oxygen atoms in total. The van der Waals surface area contributed by atoms with Gasteiger partial charge in [0.2, 0.25) is 5.91 Å². The lowest BCUT2D eigenvalue weighted by atomic mass is 10.1. The van der Waals surface area contributed by atoms with Crippen molar-refractivity contribution in [2.75, 3.05) is 6.26 Å². The van der Waals surface area contributed by atoms with Crippen LogP contribution in [0.1, 0.15) is 24.1 Å². The van der Waals surface area contributed by atoms with Gasteiger partial charge in [-0.2, -0.15) is 0 Å². The molecule has 1 unspecified atom stereocenters.